The first-order chi connectivity index (χ1) is 14.9. The molecule has 0 heterocycles. The van der Waals surface area contributed by atoms with Gasteiger partial charge >= 0.3 is 6.18 Å². The molecule has 0 amide bonds. The molecule has 0 aromatic heterocycles. The van der Waals surface area contributed by atoms with Gasteiger partial charge in [0.05, 0.1) is 5.56 Å². The summed E-state index contributed by atoms with van der Waals surface area (Å²) in [5.74, 6) is 0.439. The molecular weight excluding hydrogens is 399 g/mol. The van der Waals surface area contributed by atoms with E-state index < -0.39 is 11.7 Å². The standard InChI is InChI=1S/C26H28F3NO/c1-30(19-8-11-21-9-4-2-5-10-21)20-18-25(22-12-6-3-7-13-22)31-24-16-14-23(15-17-24)26(27,28)29/h2-7,9-10,12-17,25H,8,11,18-20H2,1H3. The predicted octanol–water partition coefficient (Wildman–Crippen LogP) is 6.78. The van der Waals surface area contributed by atoms with Gasteiger partial charge in [-0.05, 0) is 61.8 Å². The summed E-state index contributed by atoms with van der Waals surface area (Å²) < 4.78 is 44.6. The molecule has 0 spiro atoms. The number of benzene rings is 3. The van der Waals surface area contributed by atoms with Gasteiger partial charge in [-0.1, -0.05) is 60.7 Å². The van der Waals surface area contributed by atoms with Crippen molar-refractivity contribution in [3.05, 3.63) is 102 Å². The van der Waals surface area contributed by atoms with Gasteiger partial charge in [0.15, 0.2) is 0 Å². The van der Waals surface area contributed by atoms with Gasteiger partial charge in [-0.2, -0.15) is 13.2 Å². The molecule has 31 heavy (non-hydrogen) atoms. The maximum Gasteiger partial charge on any atom is 0.416 e. The number of nitrogens with zero attached hydrogens (tertiary/aromatic N) is 1. The fraction of sp³-hybridized carbons (Fsp3) is 0.308. The smallest absolute Gasteiger partial charge is 0.416 e. The van der Waals surface area contributed by atoms with E-state index in [1.54, 1.807) is 0 Å². The summed E-state index contributed by atoms with van der Waals surface area (Å²) in [5, 5.41) is 0. The molecule has 1 atom stereocenters. The molecule has 3 aromatic rings. The number of ether oxygens (including phenoxy) is 1. The Kier molecular flexibility index (Phi) is 8.13. The number of hydrogen-bond donors (Lipinski definition) is 0. The summed E-state index contributed by atoms with van der Waals surface area (Å²) in [6.45, 7) is 1.80. The molecule has 1 unspecified atom stereocenters. The van der Waals surface area contributed by atoms with Gasteiger partial charge in [-0.15, -0.1) is 0 Å². The average molecular weight is 428 g/mol. The normalized spacial score (nSPS) is 12.7. The van der Waals surface area contributed by atoms with Crippen LogP contribution in [0.15, 0.2) is 84.9 Å². The van der Waals surface area contributed by atoms with Crippen LogP contribution in [0.1, 0.15) is 35.6 Å². The van der Waals surface area contributed by atoms with Crippen LogP contribution in [0.4, 0.5) is 13.2 Å². The number of hydrogen-bond acceptors (Lipinski definition) is 2. The van der Waals surface area contributed by atoms with Crippen molar-refractivity contribution in [1.29, 1.82) is 0 Å². The van der Waals surface area contributed by atoms with E-state index in [0.717, 1.165) is 50.0 Å². The molecule has 3 rings (SSSR count). The molecule has 0 radical (unpaired) electrons. The van der Waals surface area contributed by atoms with E-state index in [1.165, 1.54) is 17.7 Å². The molecule has 3 aromatic carbocycles. The lowest BCUT2D eigenvalue weighted by atomic mass is 10.1. The zero-order valence-corrected chi connectivity index (χ0v) is 17.7. The Morgan fingerprint density at radius 3 is 2.03 bits per heavy atom. The van der Waals surface area contributed by atoms with Crippen molar-refractivity contribution in [2.24, 2.45) is 0 Å². The highest BCUT2D eigenvalue weighted by atomic mass is 19.4. The van der Waals surface area contributed by atoms with Crippen LogP contribution in [0, 0.1) is 0 Å². The lowest BCUT2D eigenvalue weighted by Crippen LogP contribution is -2.24. The average Bonchev–Trinajstić information content (AvgIpc) is 2.77. The molecular formula is C26H28F3NO. The number of halogens is 3. The SMILES string of the molecule is CN(CCCc1ccccc1)CCC(Oc1ccc(C(F)(F)F)cc1)c1ccccc1. The van der Waals surface area contributed by atoms with E-state index in [-0.39, 0.29) is 6.10 Å². The Morgan fingerprint density at radius 2 is 1.42 bits per heavy atom. The van der Waals surface area contributed by atoms with Crippen molar-refractivity contribution >= 4 is 0 Å². The second-order valence-electron chi connectivity index (χ2n) is 7.72. The maximum absolute atomic E-state index is 12.8. The molecule has 0 bridgehead atoms. The molecule has 0 aliphatic heterocycles. The van der Waals surface area contributed by atoms with E-state index in [1.807, 2.05) is 36.4 Å². The monoisotopic (exact) mass is 427 g/mol. The topological polar surface area (TPSA) is 12.5 Å². The highest BCUT2D eigenvalue weighted by Crippen LogP contribution is 2.32. The van der Waals surface area contributed by atoms with Crippen LogP contribution >= 0.6 is 0 Å². The number of rotatable bonds is 10. The second-order valence-corrected chi connectivity index (χ2v) is 7.72. The lowest BCUT2D eigenvalue weighted by molar-refractivity contribution is -0.137. The fourth-order valence-electron chi connectivity index (χ4n) is 3.50. The summed E-state index contributed by atoms with van der Waals surface area (Å²) in [4.78, 5) is 2.27. The first-order valence-electron chi connectivity index (χ1n) is 10.5. The lowest BCUT2D eigenvalue weighted by Gasteiger charge is -2.23. The van der Waals surface area contributed by atoms with Gasteiger partial charge in [0, 0.05) is 13.0 Å². The fourth-order valence-corrected chi connectivity index (χ4v) is 3.50. The highest BCUT2D eigenvalue weighted by molar-refractivity contribution is 5.30. The van der Waals surface area contributed by atoms with Crippen LogP contribution in [0.25, 0.3) is 0 Å². The van der Waals surface area contributed by atoms with Gasteiger partial charge in [0.25, 0.3) is 0 Å². The summed E-state index contributed by atoms with van der Waals surface area (Å²) >= 11 is 0. The Morgan fingerprint density at radius 1 is 0.806 bits per heavy atom. The third-order valence-electron chi connectivity index (χ3n) is 5.25. The Balaban J connectivity index is 1.56. The third-order valence-corrected chi connectivity index (χ3v) is 5.25. The molecule has 2 nitrogen and oxygen atoms in total. The summed E-state index contributed by atoms with van der Waals surface area (Å²) in [5.41, 5.74) is 1.68. The molecule has 0 saturated carbocycles. The largest absolute Gasteiger partial charge is 0.486 e. The zero-order chi connectivity index (χ0) is 22.1. The number of aryl methyl sites for hydroxylation is 1. The van der Waals surface area contributed by atoms with E-state index in [4.69, 9.17) is 4.74 Å². The first kappa shape index (κ1) is 22.9. The molecule has 0 fully saturated rings. The van der Waals surface area contributed by atoms with Crippen LogP contribution in [-0.4, -0.2) is 25.0 Å². The van der Waals surface area contributed by atoms with Crippen LogP contribution in [0.2, 0.25) is 0 Å². The van der Waals surface area contributed by atoms with E-state index in [9.17, 15) is 13.2 Å². The van der Waals surface area contributed by atoms with Gasteiger partial charge in [-0.25, -0.2) is 0 Å². The van der Waals surface area contributed by atoms with Crippen LogP contribution < -0.4 is 4.74 Å². The van der Waals surface area contributed by atoms with Crippen molar-refractivity contribution in [3.63, 3.8) is 0 Å². The van der Waals surface area contributed by atoms with E-state index in [0.29, 0.717) is 5.75 Å². The van der Waals surface area contributed by atoms with Crippen LogP contribution in [0.5, 0.6) is 5.75 Å². The molecule has 164 valence electrons. The Labute approximate surface area is 182 Å². The predicted molar refractivity (Wildman–Crippen MR) is 118 cm³/mol. The summed E-state index contributed by atoms with van der Waals surface area (Å²) in [6, 6.07) is 25.1. The first-order valence-corrected chi connectivity index (χ1v) is 10.5. The minimum absolute atomic E-state index is 0.227. The highest BCUT2D eigenvalue weighted by Gasteiger charge is 2.30. The summed E-state index contributed by atoms with van der Waals surface area (Å²) in [6.07, 6.45) is -1.73. The van der Waals surface area contributed by atoms with Crippen LogP contribution in [-0.2, 0) is 12.6 Å². The molecule has 0 aliphatic carbocycles. The minimum Gasteiger partial charge on any atom is -0.486 e. The minimum atomic E-state index is -4.35. The van der Waals surface area contributed by atoms with E-state index in [2.05, 4.69) is 36.2 Å². The van der Waals surface area contributed by atoms with E-state index >= 15 is 0 Å². The quantitative estimate of drug-likeness (QED) is 0.354. The zero-order valence-electron chi connectivity index (χ0n) is 17.7. The molecule has 0 aliphatic rings. The Bertz CT molecular complexity index is 895. The van der Waals surface area contributed by atoms with Crippen molar-refractivity contribution in [2.75, 3.05) is 20.1 Å². The number of alkyl halides is 3. The second kappa shape index (κ2) is 11.0. The van der Waals surface area contributed by atoms with Gasteiger partial charge < -0.3 is 9.64 Å². The molecule has 5 heteroatoms. The van der Waals surface area contributed by atoms with Crippen molar-refractivity contribution < 1.29 is 17.9 Å². The van der Waals surface area contributed by atoms with Crippen molar-refractivity contribution in [3.8, 4) is 5.75 Å². The molecule has 0 saturated heterocycles. The van der Waals surface area contributed by atoms with Crippen molar-refractivity contribution in [2.45, 2.75) is 31.5 Å². The molecule has 0 N–H and O–H groups in total. The Hall–Kier alpha value is -2.79. The van der Waals surface area contributed by atoms with Crippen molar-refractivity contribution in [1.82, 2.24) is 4.90 Å². The van der Waals surface area contributed by atoms with Gasteiger partial charge in [-0.3, -0.25) is 0 Å². The third kappa shape index (κ3) is 7.44. The maximum atomic E-state index is 12.8. The van der Waals surface area contributed by atoms with Gasteiger partial charge in [0.2, 0.25) is 0 Å². The summed E-state index contributed by atoms with van der Waals surface area (Å²) in [7, 11) is 2.09. The van der Waals surface area contributed by atoms with Crippen LogP contribution in [0.3, 0.4) is 0 Å². The van der Waals surface area contributed by atoms with Gasteiger partial charge in [0.1, 0.15) is 11.9 Å².